The number of hydrogen-bond acceptors (Lipinski definition) is 4. The van der Waals surface area contributed by atoms with Gasteiger partial charge < -0.3 is 19.8 Å². The van der Waals surface area contributed by atoms with Gasteiger partial charge in [0.15, 0.2) is 11.6 Å². The molecule has 0 spiro atoms. The van der Waals surface area contributed by atoms with Crippen molar-refractivity contribution in [2.24, 2.45) is 0 Å². The molecule has 0 saturated carbocycles. The third kappa shape index (κ3) is 4.23. The predicted octanol–water partition coefficient (Wildman–Crippen LogP) is -0.175. The molecular formula is C14H21BF2N2O2. The van der Waals surface area contributed by atoms with Crippen molar-refractivity contribution < 1.29 is 18.8 Å². The lowest BCUT2D eigenvalue weighted by atomic mass is 9.79. The minimum absolute atomic E-state index is 0.283. The topological polar surface area (TPSA) is 46.9 Å². The fraction of sp³-hybridized carbons (Fsp3) is 0.571. The van der Waals surface area contributed by atoms with Gasteiger partial charge in [0.2, 0.25) is 0 Å². The summed E-state index contributed by atoms with van der Waals surface area (Å²) in [5.41, 5.74) is -0.138. The molecule has 1 saturated heterocycles. The van der Waals surface area contributed by atoms with Crippen molar-refractivity contribution in [2.75, 3.05) is 39.8 Å². The van der Waals surface area contributed by atoms with Crippen molar-refractivity contribution in [3.63, 3.8) is 0 Å². The largest absolute Gasteiger partial charge is 0.491 e. The van der Waals surface area contributed by atoms with Crippen LogP contribution in [0, 0.1) is 11.6 Å². The Bertz CT molecular complexity index is 480. The molecule has 1 aliphatic rings. The normalized spacial score (nSPS) is 17.2. The highest BCUT2D eigenvalue weighted by molar-refractivity contribution is 6.58. The summed E-state index contributed by atoms with van der Waals surface area (Å²) in [4.78, 5) is 4.59. The van der Waals surface area contributed by atoms with Crippen LogP contribution in [0.25, 0.3) is 0 Å². The zero-order valence-corrected chi connectivity index (χ0v) is 12.2. The van der Waals surface area contributed by atoms with Crippen LogP contribution in [0.4, 0.5) is 8.78 Å². The average molecular weight is 298 g/mol. The Morgan fingerprint density at radius 2 is 1.76 bits per heavy atom. The molecule has 0 unspecified atom stereocenters. The van der Waals surface area contributed by atoms with E-state index in [1.54, 1.807) is 0 Å². The molecule has 1 heterocycles. The fourth-order valence-corrected chi connectivity index (χ4v) is 2.56. The zero-order chi connectivity index (χ0) is 15.4. The van der Waals surface area contributed by atoms with Gasteiger partial charge in [-0.15, -0.1) is 0 Å². The standard InChI is InChI=1S/C14H21BF2N2O2/c1-18-7-9-19(10-8-18)6-2-3-11-4-5-12(15(20)21)14(17)13(11)16/h4-5,20-21H,2-3,6-10H2,1H3. The lowest BCUT2D eigenvalue weighted by Gasteiger charge is -2.32. The van der Waals surface area contributed by atoms with E-state index < -0.39 is 24.2 Å². The minimum atomic E-state index is -1.99. The summed E-state index contributed by atoms with van der Waals surface area (Å²) < 4.78 is 27.4. The Kier molecular flexibility index (Phi) is 5.69. The van der Waals surface area contributed by atoms with E-state index in [2.05, 4.69) is 16.8 Å². The highest BCUT2D eigenvalue weighted by atomic mass is 19.2. The quantitative estimate of drug-likeness (QED) is 0.741. The third-order valence-corrected chi connectivity index (χ3v) is 3.99. The molecular weight excluding hydrogens is 277 g/mol. The number of nitrogens with zero attached hydrogens (tertiary/aromatic N) is 2. The number of likely N-dealkylation sites (N-methyl/N-ethyl adjacent to an activating group) is 1. The van der Waals surface area contributed by atoms with Crippen LogP contribution in [-0.4, -0.2) is 66.7 Å². The van der Waals surface area contributed by atoms with Gasteiger partial charge in [-0.2, -0.15) is 0 Å². The second-order valence-electron chi connectivity index (χ2n) is 5.56. The molecule has 1 fully saturated rings. The zero-order valence-electron chi connectivity index (χ0n) is 12.2. The van der Waals surface area contributed by atoms with Crippen molar-refractivity contribution in [1.29, 1.82) is 0 Å². The van der Waals surface area contributed by atoms with E-state index in [1.807, 2.05) is 0 Å². The van der Waals surface area contributed by atoms with Gasteiger partial charge in [-0.25, -0.2) is 8.78 Å². The second-order valence-corrected chi connectivity index (χ2v) is 5.56. The van der Waals surface area contributed by atoms with Crippen molar-refractivity contribution >= 4 is 12.6 Å². The van der Waals surface area contributed by atoms with Crippen LogP contribution in [0.1, 0.15) is 12.0 Å². The first kappa shape index (κ1) is 16.4. The van der Waals surface area contributed by atoms with Crippen LogP contribution in [-0.2, 0) is 6.42 Å². The first-order chi connectivity index (χ1) is 9.99. The first-order valence-corrected chi connectivity index (χ1v) is 7.23. The molecule has 21 heavy (non-hydrogen) atoms. The molecule has 0 atom stereocenters. The van der Waals surface area contributed by atoms with Gasteiger partial charge in [0, 0.05) is 31.6 Å². The number of benzene rings is 1. The number of piperazine rings is 1. The fourth-order valence-electron chi connectivity index (χ4n) is 2.56. The maximum absolute atomic E-state index is 13.8. The smallest absolute Gasteiger partial charge is 0.423 e. The van der Waals surface area contributed by atoms with Crippen LogP contribution in [0.15, 0.2) is 12.1 Å². The van der Waals surface area contributed by atoms with Crippen LogP contribution in [0.2, 0.25) is 0 Å². The monoisotopic (exact) mass is 298 g/mol. The summed E-state index contributed by atoms with van der Waals surface area (Å²) in [6.45, 7) is 4.93. The van der Waals surface area contributed by atoms with Crippen LogP contribution < -0.4 is 5.46 Å². The maximum atomic E-state index is 13.8. The Morgan fingerprint density at radius 1 is 1.10 bits per heavy atom. The Labute approximate surface area is 124 Å². The van der Waals surface area contributed by atoms with Gasteiger partial charge in [-0.3, -0.25) is 0 Å². The summed E-state index contributed by atoms with van der Waals surface area (Å²) in [7, 11) is 0.103. The number of rotatable bonds is 5. The van der Waals surface area contributed by atoms with E-state index in [-0.39, 0.29) is 5.56 Å². The van der Waals surface area contributed by atoms with E-state index in [1.165, 1.54) is 12.1 Å². The summed E-state index contributed by atoms with van der Waals surface area (Å²) >= 11 is 0. The van der Waals surface area contributed by atoms with Gasteiger partial charge in [-0.05, 0) is 32.0 Å². The molecule has 0 radical (unpaired) electrons. The summed E-state index contributed by atoms with van der Waals surface area (Å²) in [6.07, 6.45) is 1.19. The molecule has 0 bridgehead atoms. The van der Waals surface area contributed by atoms with E-state index >= 15 is 0 Å². The maximum Gasteiger partial charge on any atom is 0.491 e. The average Bonchev–Trinajstić information content (AvgIpc) is 2.45. The van der Waals surface area contributed by atoms with Crippen LogP contribution in [0.5, 0.6) is 0 Å². The van der Waals surface area contributed by atoms with Crippen molar-refractivity contribution in [3.8, 4) is 0 Å². The number of aryl methyl sites for hydroxylation is 1. The molecule has 7 heteroatoms. The molecule has 0 aromatic heterocycles. The third-order valence-electron chi connectivity index (χ3n) is 3.99. The summed E-state index contributed by atoms with van der Waals surface area (Å²) in [5.74, 6) is -2.14. The van der Waals surface area contributed by atoms with E-state index in [9.17, 15) is 8.78 Å². The Hall–Kier alpha value is -1.02. The molecule has 2 N–H and O–H groups in total. The van der Waals surface area contributed by atoms with Gasteiger partial charge in [-0.1, -0.05) is 12.1 Å². The summed E-state index contributed by atoms with van der Waals surface area (Å²) in [6, 6.07) is 2.66. The molecule has 0 amide bonds. The molecule has 1 aromatic rings. The SMILES string of the molecule is CN1CCN(CCCc2ccc(B(O)O)c(F)c2F)CC1. The lowest BCUT2D eigenvalue weighted by molar-refractivity contribution is 0.153. The molecule has 2 rings (SSSR count). The first-order valence-electron chi connectivity index (χ1n) is 7.23. The van der Waals surface area contributed by atoms with E-state index in [0.29, 0.717) is 6.42 Å². The minimum Gasteiger partial charge on any atom is -0.423 e. The lowest BCUT2D eigenvalue weighted by Crippen LogP contribution is -2.44. The van der Waals surface area contributed by atoms with Crippen molar-refractivity contribution in [1.82, 2.24) is 9.80 Å². The van der Waals surface area contributed by atoms with Gasteiger partial charge in [0.05, 0.1) is 0 Å². The molecule has 1 aromatic carbocycles. The molecule has 116 valence electrons. The Balaban J connectivity index is 1.87. The van der Waals surface area contributed by atoms with Gasteiger partial charge >= 0.3 is 7.12 Å². The van der Waals surface area contributed by atoms with Crippen LogP contribution >= 0.6 is 0 Å². The molecule has 4 nitrogen and oxygen atoms in total. The second kappa shape index (κ2) is 7.31. The molecule has 1 aliphatic heterocycles. The number of hydrogen-bond donors (Lipinski definition) is 2. The van der Waals surface area contributed by atoms with Crippen LogP contribution in [0.3, 0.4) is 0 Å². The van der Waals surface area contributed by atoms with Crippen molar-refractivity contribution in [3.05, 3.63) is 29.3 Å². The predicted molar refractivity (Wildman–Crippen MR) is 78.4 cm³/mol. The highest BCUT2D eigenvalue weighted by Gasteiger charge is 2.21. The van der Waals surface area contributed by atoms with E-state index in [4.69, 9.17) is 10.0 Å². The number of halogens is 2. The van der Waals surface area contributed by atoms with Crippen molar-refractivity contribution in [2.45, 2.75) is 12.8 Å². The van der Waals surface area contributed by atoms with Gasteiger partial charge in [0.25, 0.3) is 0 Å². The summed E-state index contributed by atoms with van der Waals surface area (Å²) in [5, 5.41) is 17.9. The molecule has 0 aliphatic carbocycles. The Morgan fingerprint density at radius 3 is 2.38 bits per heavy atom. The highest BCUT2D eigenvalue weighted by Crippen LogP contribution is 2.13. The van der Waals surface area contributed by atoms with E-state index in [0.717, 1.165) is 39.1 Å². The van der Waals surface area contributed by atoms with Gasteiger partial charge in [0.1, 0.15) is 0 Å².